The van der Waals surface area contributed by atoms with Gasteiger partial charge in [-0.25, -0.2) is 0 Å². The van der Waals surface area contributed by atoms with Crippen molar-refractivity contribution in [2.75, 3.05) is 33.6 Å². The van der Waals surface area contributed by atoms with Gasteiger partial charge in [0.2, 0.25) is 5.91 Å². The Hall–Kier alpha value is -2.94. The van der Waals surface area contributed by atoms with Gasteiger partial charge in [0, 0.05) is 24.9 Å². The summed E-state index contributed by atoms with van der Waals surface area (Å²) in [6.45, 7) is 1.18. The molecule has 0 aliphatic carbocycles. The van der Waals surface area contributed by atoms with E-state index in [1.54, 1.807) is 26.4 Å². The molecule has 0 saturated heterocycles. The highest BCUT2D eigenvalue weighted by molar-refractivity contribution is 7.99. The highest BCUT2D eigenvalue weighted by Crippen LogP contribution is 2.33. The van der Waals surface area contributed by atoms with Crippen LogP contribution in [0.15, 0.2) is 30.3 Å². The standard InChI is InChI=1S/C21H24N2O6S/c1-27-18-5-4-14(8-17(18)23(25)26)12-30-13-21(24)22-7-6-15-9-19(28-2)20(29-3)10-16(15)11-22/h4-5,8-10H,6-7,11-13H2,1-3H3. The van der Waals surface area contributed by atoms with Crippen molar-refractivity contribution in [1.82, 2.24) is 4.90 Å². The molecule has 0 spiro atoms. The first-order valence-electron chi connectivity index (χ1n) is 9.37. The molecule has 1 aliphatic rings. The van der Waals surface area contributed by atoms with E-state index in [0.717, 1.165) is 23.1 Å². The number of nitro benzene ring substituents is 1. The number of fused-ring (bicyclic) bond motifs is 1. The average Bonchev–Trinajstić information content (AvgIpc) is 2.77. The van der Waals surface area contributed by atoms with E-state index in [0.29, 0.717) is 36.1 Å². The third-order valence-electron chi connectivity index (χ3n) is 5.00. The van der Waals surface area contributed by atoms with Crippen molar-refractivity contribution in [1.29, 1.82) is 0 Å². The summed E-state index contributed by atoms with van der Waals surface area (Å²) in [6.07, 6.45) is 0.761. The zero-order chi connectivity index (χ0) is 21.7. The lowest BCUT2D eigenvalue weighted by Crippen LogP contribution is -2.37. The van der Waals surface area contributed by atoms with Crippen LogP contribution in [0.4, 0.5) is 5.69 Å². The second-order valence-corrected chi connectivity index (χ2v) is 7.78. The van der Waals surface area contributed by atoms with Crippen LogP contribution < -0.4 is 14.2 Å². The van der Waals surface area contributed by atoms with Gasteiger partial charge in [-0.1, -0.05) is 6.07 Å². The van der Waals surface area contributed by atoms with E-state index in [-0.39, 0.29) is 17.3 Å². The molecule has 30 heavy (non-hydrogen) atoms. The Bertz CT molecular complexity index is 949. The normalized spacial score (nSPS) is 12.8. The molecule has 0 unspecified atom stereocenters. The summed E-state index contributed by atoms with van der Waals surface area (Å²) >= 11 is 1.44. The number of benzene rings is 2. The zero-order valence-electron chi connectivity index (χ0n) is 17.2. The Kier molecular flexibility index (Phi) is 7.04. The Morgan fingerprint density at radius 3 is 2.37 bits per heavy atom. The van der Waals surface area contributed by atoms with E-state index in [9.17, 15) is 14.9 Å². The molecule has 8 nitrogen and oxygen atoms in total. The van der Waals surface area contributed by atoms with Crippen LogP contribution in [0.25, 0.3) is 0 Å². The average molecular weight is 432 g/mol. The van der Waals surface area contributed by atoms with E-state index >= 15 is 0 Å². The fourth-order valence-corrected chi connectivity index (χ4v) is 4.29. The molecule has 3 rings (SSSR count). The van der Waals surface area contributed by atoms with Crippen molar-refractivity contribution in [2.45, 2.75) is 18.7 Å². The quantitative estimate of drug-likeness (QED) is 0.466. The maximum Gasteiger partial charge on any atom is 0.311 e. The monoisotopic (exact) mass is 432 g/mol. The number of amides is 1. The third kappa shape index (κ3) is 4.79. The van der Waals surface area contributed by atoms with Crippen LogP contribution in [-0.2, 0) is 23.5 Å². The van der Waals surface area contributed by atoms with Gasteiger partial charge in [-0.05, 0) is 41.3 Å². The molecule has 0 aromatic heterocycles. The number of hydrogen-bond donors (Lipinski definition) is 0. The molecular weight excluding hydrogens is 408 g/mol. The Labute approximate surface area is 179 Å². The van der Waals surface area contributed by atoms with Crippen LogP contribution in [0.3, 0.4) is 0 Å². The molecule has 1 amide bonds. The van der Waals surface area contributed by atoms with E-state index in [2.05, 4.69) is 0 Å². The van der Waals surface area contributed by atoms with E-state index < -0.39 is 4.92 Å². The number of nitrogens with zero attached hydrogens (tertiary/aromatic N) is 2. The van der Waals surface area contributed by atoms with Crippen molar-refractivity contribution in [3.05, 3.63) is 57.1 Å². The smallest absolute Gasteiger partial charge is 0.311 e. The van der Waals surface area contributed by atoms with Crippen LogP contribution >= 0.6 is 11.8 Å². The van der Waals surface area contributed by atoms with Crippen LogP contribution in [-0.4, -0.2) is 49.4 Å². The summed E-state index contributed by atoms with van der Waals surface area (Å²) in [5, 5.41) is 11.1. The summed E-state index contributed by atoms with van der Waals surface area (Å²) in [6, 6.07) is 8.75. The molecule has 9 heteroatoms. The topological polar surface area (TPSA) is 91.1 Å². The molecule has 0 saturated carbocycles. The van der Waals surface area contributed by atoms with E-state index in [1.807, 2.05) is 17.0 Å². The van der Waals surface area contributed by atoms with Gasteiger partial charge in [0.25, 0.3) is 0 Å². The van der Waals surface area contributed by atoms with Gasteiger partial charge >= 0.3 is 5.69 Å². The number of nitro groups is 1. The van der Waals surface area contributed by atoms with E-state index in [4.69, 9.17) is 14.2 Å². The van der Waals surface area contributed by atoms with Crippen LogP contribution in [0.5, 0.6) is 17.2 Å². The van der Waals surface area contributed by atoms with Crippen molar-refractivity contribution in [2.24, 2.45) is 0 Å². The summed E-state index contributed by atoms with van der Waals surface area (Å²) in [5.41, 5.74) is 2.93. The maximum absolute atomic E-state index is 12.7. The van der Waals surface area contributed by atoms with Crippen molar-refractivity contribution in [3.63, 3.8) is 0 Å². The van der Waals surface area contributed by atoms with Gasteiger partial charge in [-0.3, -0.25) is 14.9 Å². The number of methoxy groups -OCH3 is 3. The molecule has 2 aromatic carbocycles. The minimum absolute atomic E-state index is 0.0449. The molecule has 0 N–H and O–H groups in total. The number of carbonyl (C=O) groups excluding carboxylic acids is 1. The summed E-state index contributed by atoms with van der Waals surface area (Å²) < 4.78 is 15.7. The lowest BCUT2D eigenvalue weighted by Gasteiger charge is -2.29. The predicted octanol–water partition coefficient (Wildman–Crippen LogP) is 3.44. The lowest BCUT2D eigenvalue weighted by atomic mass is 9.99. The predicted molar refractivity (Wildman–Crippen MR) is 114 cm³/mol. The molecule has 160 valence electrons. The summed E-state index contributed by atoms with van der Waals surface area (Å²) in [7, 11) is 4.60. The molecule has 2 aromatic rings. The van der Waals surface area contributed by atoms with Crippen molar-refractivity contribution >= 4 is 23.4 Å². The van der Waals surface area contributed by atoms with Gasteiger partial charge in [0.1, 0.15) is 0 Å². The van der Waals surface area contributed by atoms with Gasteiger partial charge < -0.3 is 19.1 Å². The second kappa shape index (κ2) is 9.71. The summed E-state index contributed by atoms with van der Waals surface area (Å²) in [4.78, 5) is 25.2. The number of carbonyl (C=O) groups is 1. The van der Waals surface area contributed by atoms with Gasteiger partial charge in [0.15, 0.2) is 17.2 Å². The number of rotatable bonds is 8. The largest absolute Gasteiger partial charge is 0.493 e. The number of ether oxygens (including phenoxy) is 3. The molecule has 0 bridgehead atoms. The van der Waals surface area contributed by atoms with Crippen LogP contribution in [0, 0.1) is 10.1 Å². The first kappa shape index (κ1) is 21.8. The molecular formula is C21H24N2O6S. The maximum atomic E-state index is 12.7. The van der Waals surface area contributed by atoms with Crippen LogP contribution in [0.2, 0.25) is 0 Å². The Morgan fingerprint density at radius 1 is 1.07 bits per heavy atom. The fraction of sp³-hybridized carbons (Fsp3) is 0.381. The minimum atomic E-state index is -0.466. The highest BCUT2D eigenvalue weighted by atomic mass is 32.2. The van der Waals surface area contributed by atoms with Gasteiger partial charge in [0.05, 0.1) is 32.0 Å². The third-order valence-corrected chi connectivity index (χ3v) is 5.99. The molecule has 0 radical (unpaired) electrons. The first-order valence-corrected chi connectivity index (χ1v) is 10.5. The SMILES string of the molecule is COc1cc2c(cc1OC)CN(C(=O)CSCc1ccc(OC)c([N+](=O)[O-])c1)CC2. The summed E-state index contributed by atoms with van der Waals surface area (Å²) in [5.74, 6) is 2.43. The fourth-order valence-electron chi connectivity index (χ4n) is 3.41. The van der Waals surface area contributed by atoms with E-state index in [1.165, 1.54) is 24.9 Å². The van der Waals surface area contributed by atoms with Crippen LogP contribution in [0.1, 0.15) is 16.7 Å². The van der Waals surface area contributed by atoms with Crippen molar-refractivity contribution in [3.8, 4) is 17.2 Å². The number of thioether (sulfide) groups is 1. The zero-order valence-corrected chi connectivity index (χ0v) is 18.0. The highest BCUT2D eigenvalue weighted by Gasteiger charge is 2.23. The molecule has 0 atom stereocenters. The van der Waals surface area contributed by atoms with Gasteiger partial charge in [-0.2, -0.15) is 0 Å². The van der Waals surface area contributed by atoms with Gasteiger partial charge in [-0.15, -0.1) is 11.8 Å². The Morgan fingerprint density at radius 2 is 1.73 bits per heavy atom. The molecule has 0 fully saturated rings. The molecule has 1 heterocycles. The Balaban J connectivity index is 1.59. The second-order valence-electron chi connectivity index (χ2n) is 6.80. The lowest BCUT2D eigenvalue weighted by molar-refractivity contribution is -0.385. The van der Waals surface area contributed by atoms with Crippen molar-refractivity contribution < 1.29 is 23.9 Å². The minimum Gasteiger partial charge on any atom is -0.493 e. The molecule has 1 aliphatic heterocycles. The first-order chi connectivity index (χ1) is 14.5. The number of hydrogen-bond acceptors (Lipinski definition) is 7.